The SMILES string of the molecule is COC(=O)c1cc(OC)c(OC)cc1NC(=O)CSC1=C(C#N)C2(CCCCC2)C(C#N)=C(N)N1. The number of hydrogen-bond donors (Lipinski definition) is 3. The van der Waals surface area contributed by atoms with E-state index in [2.05, 4.69) is 22.8 Å². The lowest BCUT2D eigenvalue weighted by molar-refractivity contribution is -0.113. The summed E-state index contributed by atoms with van der Waals surface area (Å²) in [5.41, 5.74) is 6.56. The van der Waals surface area contributed by atoms with Gasteiger partial charge >= 0.3 is 5.97 Å². The summed E-state index contributed by atoms with van der Waals surface area (Å²) in [6.45, 7) is 0. The second-order valence-electron chi connectivity index (χ2n) is 8.07. The Hall–Kier alpha value is -3.83. The first kappa shape index (κ1) is 25.8. The minimum atomic E-state index is -0.725. The summed E-state index contributed by atoms with van der Waals surface area (Å²) in [6.07, 6.45) is 4.12. The minimum absolute atomic E-state index is 0.0757. The third kappa shape index (κ3) is 5.00. The first-order chi connectivity index (χ1) is 16.8. The van der Waals surface area contributed by atoms with Gasteiger partial charge in [-0.25, -0.2) is 4.79 Å². The first-order valence-corrected chi connectivity index (χ1v) is 11.9. The fraction of sp³-hybridized carbons (Fsp3) is 0.417. The highest BCUT2D eigenvalue weighted by Crippen LogP contribution is 2.51. The number of carbonyl (C=O) groups is 2. The lowest BCUT2D eigenvalue weighted by Crippen LogP contribution is -2.39. The lowest BCUT2D eigenvalue weighted by Gasteiger charge is -2.40. The van der Waals surface area contributed by atoms with Crippen LogP contribution in [0.15, 0.2) is 34.1 Å². The summed E-state index contributed by atoms with van der Waals surface area (Å²) in [5, 5.41) is 25.8. The summed E-state index contributed by atoms with van der Waals surface area (Å²) >= 11 is 1.12. The number of dihydropyridines is 1. The van der Waals surface area contributed by atoms with E-state index in [9.17, 15) is 20.1 Å². The average Bonchev–Trinajstić information content (AvgIpc) is 2.87. The number of allylic oxidation sites excluding steroid dienone is 2. The number of benzene rings is 1. The van der Waals surface area contributed by atoms with Crippen molar-refractivity contribution in [3.63, 3.8) is 0 Å². The number of amides is 1. The van der Waals surface area contributed by atoms with Gasteiger partial charge < -0.3 is 30.6 Å². The molecule has 184 valence electrons. The Morgan fingerprint density at radius 2 is 1.71 bits per heavy atom. The fourth-order valence-corrected chi connectivity index (χ4v) is 5.44. The van der Waals surface area contributed by atoms with Crippen LogP contribution in [-0.4, -0.2) is 39.0 Å². The van der Waals surface area contributed by atoms with Crippen LogP contribution in [0.1, 0.15) is 42.5 Å². The zero-order valence-corrected chi connectivity index (χ0v) is 20.6. The lowest BCUT2D eigenvalue weighted by atomic mass is 9.64. The van der Waals surface area contributed by atoms with Crippen LogP contribution in [0.5, 0.6) is 11.5 Å². The van der Waals surface area contributed by atoms with E-state index in [-0.39, 0.29) is 22.8 Å². The van der Waals surface area contributed by atoms with E-state index in [0.717, 1.165) is 31.0 Å². The van der Waals surface area contributed by atoms with Crippen LogP contribution in [0.4, 0.5) is 5.69 Å². The molecule has 0 atom stereocenters. The predicted molar refractivity (Wildman–Crippen MR) is 130 cm³/mol. The molecule has 4 N–H and O–H groups in total. The molecule has 10 nitrogen and oxygen atoms in total. The number of esters is 1. The Kier molecular flexibility index (Phi) is 8.15. The van der Waals surface area contributed by atoms with E-state index in [1.807, 2.05) is 0 Å². The number of hydrogen-bond acceptors (Lipinski definition) is 10. The van der Waals surface area contributed by atoms with Gasteiger partial charge in [-0.15, -0.1) is 0 Å². The maximum atomic E-state index is 12.9. The molecule has 1 spiro atoms. The van der Waals surface area contributed by atoms with Crippen LogP contribution in [0.25, 0.3) is 0 Å². The van der Waals surface area contributed by atoms with Crippen molar-refractivity contribution >= 4 is 29.3 Å². The van der Waals surface area contributed by atoms with E-state index in [4.69, 9.17) is 19.9 Å². The van der Waals surface area contributed by atoms with E-state index >= 15 is 0 Å². The molecule has 0 radical (unpaired) electrons. The number of nitrogens with two attached hydrogens (primary N) is 1. The van der Waals surface area contributed by atoms with Crippen LogP contribution in [0, 0.1) is 28.1 Å². The molecule has 1 heterocycles. The molecule has 3 rings (SSSR count). The highest BCUT2D eigenvalue weighted by molar-refractivity contribution is 8.03. The molecular formula is C24H27N5O5S. The minimum Gasteiger partial charge on any atom is -0.493 e. The molecule has 2 aliphatic rings. The standard InChI is InChI=1S/C24H27N5O5S/c1-32-18-9-14(23(31)34-3)17(10-19(18)33-2)28-20(30)13-35-22-16(12-26)24(7-5-4-6-8-24)15(11-25)21(27)29-22/h9-10,29H,4-8,13,27H2,1-3H3,(H,28,30). The summed E-state index contributed by atoms with van der Waals surface area (Å²) in [4.78, 5) is 25.1. The third-order valence-electron chi connectivity index (χ3n) is 6.18. The smallest absolute Gasteiger partial charge is 0.340 e. The van der Waals surface area contributed by atoms with Crippen molar-refractivity contribution in [2.24, 2.45) is 11.1 Å². The number of thioether (sulfide) groups is 1. The Bertz CT molecular complexity index is 1170. The van der Waals surface area contributed by atoms with Crippen molar-refractivity contribution in [3.05, 3.63) is 39.7 Å². The highest BCUT2D eigenvalue weighted by Gasteiger charge is 2.45. The number of methoxy groups -OCH3 is 3. The van der Waals surface area contributed by atoms with E-state index in [0.29, 0.717) is 40.5 Å². The summed E-state index contributed by atoms with van der Waals surface area (Å²) in [6, 6.07) is 7.36. The molecule has 1 aliphatic carbocycles. The van der Waals surface area contributed by atoms with Crippen LogP contribution in [0.2, 0.25) is 0 Å². The van der Waals surface area contributed by atoms with Crippen molar-refractivity contribution in [1.82, 2.24) is 5.32 Å². The topological polar surface area (TPSA) is 159 Å². The van der Waals surface area contributed by atoms with Crippen LogP contribution >= 0.6 is 11.8 Å². The largest absolute Gasteiger partial charge is 0.493 e. The fourth-order valence-electron chi connectivity index (χ4n) is 4.52. The van der Waals surface area contributed by atoms with Crippen molar-refractivity contribution in [3.8, 4) is 23.6 Å². The second-order valence-corrected chi connectivity index (χ2v) is 9.05. The number of carbonyl (C=O) groups excluding carboxylic acids is 2. The molecule has 35 heavy (non-hydrogen) atoms. The average molecular weight is 498 g/mol. The van der Waals surface area contributed by atoms with E-state index < -0.39 is 17.3 Å². The molecule has 0 bridgehead atoms. The van der Waals surface area contributed by atoms with E-state index in [1.165, 1.54) is 33.5 Å². The van der Waals surface area contributed by atoms with Gasteiger partial charge in [0.15, 0.2) is 11.5 Å². The number of ether oxygens (including phenoxy) is 3. The van der Waals surface area contributed by atoms with Gasteiger partial charge in [-0.1, -0.05) is 31.0 Å². The zero-order chi connectivity index (χ0) is 25.6. The van der Waals surface area contributed by atoms with Gasteiger partial charge in [-0.05, 0) is 12.8 Å². The van der Waals surface area contributed by atoms with Crippen LogP contribution < -0.4 is 25.8 Å². The van der Waals surface area contributed by atoms with Gasteiger partial charge in [0.2, 0.25) is 5.91 Å². The van der Waals surface area contributed by atoms with Crippen LogP contribution in [-0.2, 0) is 9.53 Å². The van der Waals surface area contributed by atoms with Gasteiger partial charge in [0.1, 0.15) is 5.82 Å². The van der Waals surface area contributed by atoms with Gasteiger partial charge in [0, 0.05) is 17.5 Å². The Morgan fingerprint density at radius 1 is 1.09 bits per heavy atom. The normalized spacial score (nSPS) is 16.6. The molecule has 0 unspecified atom stereocenters. The zero-order valence-electron chi connectivity index (χ0n) is 19.8. The van der Waals surface area contributed by atoms with Crippen molar-refractivity contribution < 1.29 is 23.8 Å². The van der Waals surface area contributed by atoms with Crippen LogP contribution in [0.3, 0.4) is 0 Å². The van der Waals surface area contributed by atoms with Crippen molar-refractivity contribution in [2.45, 2.75) is 32.1 Å². The quantitative estimate of drug-likeness (QED) is 0.477. The molecule has 1 saturated carbocycles. The number of rotatable bonds is 7. The summed E-state index contributed by atoms with van der Waals surface area (Å²) in [7, 11) is 4.11. The molecule has 1 fully saturated rings. The summed E-state index contributed by atoms with van der Waals surface area (Å²) < 4.78 is 15.3. The second kappa shape index (κ2) is 11.1. The molecule has 1 amide bonds. The van der Waals surface area contributed by atoms with Crippen molar-refractivity contribution in [2.75, 3.05) is 32.4 Å². The molecule has 0 aromatic heterocycles. The van der Waals surface area contributed by atoms with Gasteiger partial charge in [-0.2, -0.15) is 10.5 Å². The van der Waals surface area contributed by atoms with Gasteiger partial charge in [0.25, 0.3) is 0 Å². The monoisotopic (exact) mass is 497 g/mol. The number of nitrogens with one attached hydrogen (secondary N) is 2. The van der Waals surface area contributed by atoms with E-state index in [1.54, 1.807) is 0 Å². The van der Waals surface area contributed by atoms with Gasteiger partial charge in [0.05, 0.1) is 66.6 Å². The number of nitriles is 2. The molecule has 1 aliphatic heterocycles. The highest BCUT2D eigenvalue weighted by atomic mass is 32.2. The Balaban J connectivity index is 1.85. The predicted octanol–water partition coefficient (Wildman–Crippen LogP) is 3.14. The molecule has 0 saturated heterocycles. The molecule has 1 aromatic carbocycles. The maximum absolute atomic E-state index is 12.9. The summed E-state index contributed by atoms with van der Waals surface area (Å²) in [5.74, 6) is -0.308. The first-order valence-electron chi connectivity index (χ1n) is 10.9. The van der Waals surface area contributed by atoms with Gasteiger partial charge in [-0.3, -0.25) is 4.79 Å². The Morgan fingerprint density at radius 3 is 2.29 bits per heavy atom. The molecule has 11 heteroatoms. The van der Waals surface area contributed by atoms with Crippen molar-refractivity contribution in [1.29, 1.82) is 10.5 Å². The number of anilines is 1. The maximum Gasteiger partial charge on any atom is 0.340 e. The Labute approximate surface area is 208 Å². The number of nitrogens with zero attached hydrogens (tertiary/aromatic N) is 2. The molecule has 1 aromatic rings. The third-order valence-corrected chi connectivity index (χ3v) is 7.18. The molecular weight excluding hydrogens is 470 g/mol.